The predicted molar refractivity (Wildman–Crippen MR) is 108 cm³/mol. The highest BCUT2D eigenvalue weighted by Crippen LogP contribution is 2.38. The van der Waals surface area contributed by atoms with Crippen LogP contribution in [0.2, 0.25) is 0 Å². The van der Waals surface area contributed by atoms with Crippen LogP contribution >= 0.6 is 0 Å². The van der Waals surface area contributed by atoms with E-state index in [0.29, 0.717) is 13.2 Å². The SMILES string of the molecule is CN(C)CC(C)(C)COCC(C)(C)COC1CC(C)(C)N(O)C(C)(C)C1. The molecule has 0 atom stereocenters. The molecule has 0 aromatic heterocycles. The maximum Gasteiger partial charge on any atom is 0.0612 e. The van der Waals surface area contributed by atoms with Gasteiger partial charge in [0.05, 0.1) is 25.9 Å². The van der Waals surface area contributed by atoms with Gasteiger partial charge in [-0.2, -0.15) is 5.06 Å². The molecule has 0 aromatic rings. The van der Waals surface area contributed by atoms with Crippen molar-refractivity contribution in [1.82, 2.24) is 9.96 Å². The molecule has 0 aromatic carbocycles. The molecule has 0 unspecified atom stereocenters. The lowest BCUT2D eigenvalue weighted by molar-refractivity contribution is -0.263. The van der Waals surface area contributed by atoms with Crippen molar-refractivity contribution in [1.29, 1.82) is 0 Å². The summed E-state index contributed by atoms with van der Waals surface area (Å²) in [6, 6.07) is 0. The third kappa shape index (κ3) is 7.43. The van der Waals surface area contributed by atoms with E-state index in [2.05, 4.69) is 74.4 Å². The van der Waals surface area contributed by atoms with E-state index in [1.807, 2.05) is 0 Å². The first-order valence-electron chi connectivity index (χ1n) is 9.90. The molecule has 0 spiro atoms. The van der Waals surface area contributed by atoms with Crippen molar-refractivity contribution in [3.8, 4) is 0 Å². The number of hydroxylamine groups is 2. The third-order valence-electron chi connectivity index (χ3n) is 5.04. The molecule has 1 fully saturated rings. The highest BCUT2D eigenvalue weighted by Gasteiger charge is 2.45. The van der Waals surface area contributed by atoms with E-state index in [1.54, 1.807) is 0 Å². The summed E-state index contributed by atoms with van der Waals surface area (Å²) in [7, 11) is 4.19. The molecule has 1 N–H and O–H groups in total. The summed E-state index contributed by atoms with van der Waals surface area (Å²) < 4.78 is 12.3. The molecule has 5 heteroatoms. The van der Waals surface area contributed by atoms with Crippen LogP contribution in [0.15, 0.2) is 0 Å². The topological polar surface area (TPSA) is 45.2 Å². The Bertz CT molecular complexity index is 427. The molecule has 5 nitrogen and oxygen atoms in total. The average molecular weight is 373 g/mol. The lowest BCUT2D eigenvalue weighted by atomic mass is 9.80. The highest BCUT2D eigenvalue weighted by atomic mass is 16.5. The molecule has 0 saturated carbocycles. The van der Waals surface area contributed by atoms with Crippen LogP contribution in [0, 0.1) is 10.8 Å². The molecule has 1 saturated heterocycles. The van der Waals surface area contributed by atoms with E-state index in [1.165, 1.54) is 5.06 Å². The molecular formula is C21H44N2O3. The molecule has 0 bridgehead atoms. The minimum Gasteiger partial charge on any atom is -0.380 e. The molecule has 156 valence electrons. The van der Waals surface area contributed by atoms with E-state index < -0.39 is 0 Å². The van der Waals surface area contributed by atoms with Crippen molar-refractivity contribution in [2.24, 2.45) is 10.8 Å². The zero-order valence-corrected chi connectivity index (χ0v) is 19.0. The highest BCUT2D eigenvalue weighted by molar-refractivity contribution is 4.96. The predicted octanol–water partition coefficient (Wildman–Crippen LogP) is 4.04. The van der Waals surface area contributed by atoms with Gasteiger partial charge in [-0.15, -0.1) is 0 Å². The summed E-state index contributed by atoms with van der Waals surface area (Å²) in [4.78, 5) is 2.20. The minimum absolute atomic E-state index is 0.0289. The molecule has 0 amide bonds. The van der Waals surface area contributed by atoms with E-state index in [4.69, 9.17) is 9.47 Å². The van der Waals surface area contributed by atoms with Gasteiger partial charge in [0.2, 0.25) is 0 Å². The number of hydrogen-bond acceptors (Lipinski definition) is 5. The van der Waals surface area contributed by atoms with Crippen LogP contribution in [-0.2, 0) is 9.47 Å². The van der Waals surface area contributed by atoms with Crippen molar-refractivity contribution >= 4 is 0 Å². The van der Waals surface area contributed by atoms with Gasteiger partial charge in [-0.05, 0) is 54.6 Å². The van der Waals surface area contributed by atoms with Gasteiger partial charge in [0.15, 0.2) is 0 Å². The van der Waals surface area contributed by atoms with Gasteiger partial charge in [-0.25, -0.2) is 0 Å². The zero-order chi connectivity index (χ0) is 20.4. The molecule has 0 aliphatic carbocycles. The molecule has 0 radical (unpaired) electrons. The van der Waals surface area contributed by atoms with Crippen LogP contribution in [-0.4, -0.2) is 72.8 Å². The molecule has 1 aliphatic heterocycles. The van der Waals surface area contributed by atoms with E-state index in [-0.39, 0.29) is 28.0 Å². The molecular weight excluding hydrogens is 328 g/mol. The van der Waals surface area contributed by atoms with Crippen LogP contribution in [0.4, 0.5) is 0 Å². The number of piperidine rings is 1. The normalized spacial score (nSPS) is 22.2. The monoisotopic (exact) mass is 372 g/mol. The molecule has 1 aliphatic rings. The van der Waals surface area contributed by atoms with E-state index in [9.17, 15) is 5.21 Å². The molecule has 1 heterocycles. The summed E-state index contributed by atoms with van der Waals surface area (Å²) >= 11 is 0. The second-order valence-corrected chi connectivity index (χ2v) is 11.3. The Morgan fingerprint density at radius 2 is 1.38 bits per heavy atom. The van der Waals surface area contributed by atoms with Gasteiger partial charge < -0.3 is 19.6 Å². The van der Waals surface area contributed by atoms with Gasteiger partial charge in [0.25, 0.3) is 0 Å². The summed E-state index contributed by atoms with van der Waals surface area (Å²) in [6.07, 6.45) is 1.83. The first kappa shape index (κ1) is 23.8. The van der Waals surface area contributed by atoms with Gasteiger partial charge in [-0.3, -0.25) is 0 Å². The van der Waals surface area contributed by atoms with Crippen molar-refractivity contribution in [2.75, 3.05) is 40.5 Å². The largest absolute Gasteiger partial charge is 0.380 e. The Kier molecular flexibility index (Phi) is 7.74. The number of nitrogens with zero attached hydrogens (tertiary/aromatic N) is 2. The number of hydrogen-bond donors (Lipinski definition) is 1. The third-order valence-corrected chi connectivity index (χ3v) is 5.04. The fourth-order valence-corrected chi connectivity index (χ4v) is 4.19. The van der Waals surface area contributed by atoms with Crippen LogP contribution in [0.5, 0.6) is 0 Å². The van der Waals surface area contributed by atoms with E-state index >= 15 is 0 Å². The first-order valence-corrected chi connectivity index (χ1v) is 9.90. The van der Waals surface area contributed by atoms with Crippen molar-refractivity contribution in [3.05, 3.63) is 0 Å². The Hall–Kier alpha value is -0.200. The second kappa shape index (κ2) is 8.44. The quantitative estimate of drug-likeness (QED) is 0.662. The minimum atomic E-state index is -0.275. The standard InChI is InChI=1S/C21H44N2O3/c1-18(2,13-22(9)10)14-25-15-19(3,4)16-26-17-11-20(5,6)23(24)21(7,8)12-17/h17,24H,11-16H2,1-10H3. The van der Waals surface area contributed by atoms with Crippen molar-refractivity contribution in [3.63, 3.8) is 0 Å². The lowest BCUT2D eigenvalue weighted by Gasteiger charge is -2.51. The van der Waals surface area contributed by atoms with Crippen molar-refractivity contribution in [2.45, 2.75) is 85.4 Å². The fraction of sp³-hybridized carbons (Fsp3) is 1.00. The lowest BCUT2D eigenvalue weighted by Crippen LogP contribution is -2.60. The van der Waals surface area contributed by atoms with E-state index in [0.717, 1.165) is 26.0 Å². The number of ether oxygens (including phenoxy) is 2. The first-order chi connectivity index (χ1) is 11.6. The smallest absolute Gasteiger partial charge is 0.0612 e. The van der Waals surface area contributed by atoms with Gasteiger partial charge >= 0.3 is 0 Å². The summed E-state index contributed by atoms with van der Waals surface area (Å²) in [5, 5.41) is 11.9. The zero-order valence-electron chi connectivity index (χ0n) is 19.0. The Balaban J connectivity index is 2.48. The Morgan fingerprint density at radius 3 is 1.85 bits per heavy atom. The molecule has 26 heavy (non-hydrogen) atoms. The van der Waals surface area contributed by atoms with Crippen LogP contribution < -0.4 is 0 Å². The maximum absolute atomic E-state index is 10.4. The maximum atomic E-state index is 10.4. The summed E-state index contributed by atoms with van der Waals surface area (Å²) in [5.74, 6) is 0. The second-order valence-electron chi connectivity index (χ2n) is 11.3. The van der Waals surface area contributed by atoms with Crippen LogP contribution in [0.1, 0.15) is 68.2 Å². The van der Waals surface area contributed by atoms with Gasteiger partial charge in [0, 0.05) is 28.5 Å². The van der Waals surface area contributed by atoms with Crippen LogP contribution in [0.25, 0.3) is 0 Å². The van der Waals surface area contributed by atoms with Gasteiger partial charge in [0.1, 0.15) is 0 Å². The van der Waals surface area contributed by atoms with Crippen molar-refractivity contribution < 1.29 is 14.7 Å². The summed E-state index contributed by atoms with van der Waals surface area (Å²) in [5.41, 5.74) is -0.437. The fourth-order valence-electron chi connectivity index (χ4n) is 4.19. The Labute approximate surface area is 162 Å². The Morgan fingerprint density at radius 1 is 0.923 bits per heavy atom. The number of rotatable bonds is 9. The van der Waals surface area contributed by atoms with Crippen LogP contribution in [0.3, 0.4) is 0 Å². The summed E-state index contributed by atoms with van der Waals surface area (Å²) in [6.45, 7) is 20.3. The van der Waals surface area contributed by atoms with Gasteiger partial charge in [-0.1, -0.05) is 27.7 Å². The molecule has 1 rings (SSSR count). The average Bonchev–Trinajstić information content (AvgIpc) is 2.40.